The Morgan fingerprint density at radius 1 is 1.33 bits per heavy atom. The molecule has 1 heterocycles. The van der Waals surface area contributed by atoms with E-state index in [1.54, 1.807) is 18.2 Å². The summed E-state index contributed by atoms with van der Waals surface area (Å²) < 4.78 is 4.62. The Kier molecular flexibility index (Phi) is 1.48. The molecule has 0 spiro atoms. The van der Waals surface area contributed by atoms with Crippen molar-refractivity contribution in [1.29, 1.82) is 0 Å². The first kappa shape index (κ1) is 6.78. The first-order valence-electron chi connectivity index (χ1n) is 3.31. The zero-order chi connectivity index (χ0) is 8.39. The van der Waals surface area contributed by atoms with Crippen molar-refractivity contribution in [3.8, 4) is 5.75 Å². The Morgan fingerprint density at radius 3 is 3.00 bits per heavy atom. The highest BCUT2D eigenvalue weighted by Gasteiger charge is 1.99. The predicted octanol–water partition coefficient (Wildman–Crippen LogP) is 0.493. The smallest absolute Gasteiger partial charge is 0.298 e. The largest absolute Gasteiger partial charge is 0.429 e. The van der Waals surface area contributed by atoms with Crippen LogP contribution in [0, 0.1) is 0 Å². The van der Waals surface area contributed by atoms with Gasteiger partial charge in [-0.25, -0.2) is 0 Å². The van der Waals surface area contributed by atoms with Crippen molar-refractivity contribution in [1.82, 2.24) is 15.4 Å². The van der Waals surface area contributed by atoms with Crippen LogP contribution in [0.15, 0.2) is 18.2 Å². The lowest BCUT2D eigenvalue weighted by atomic mass is 10.3. The van der Waals surface area contributed by atoms with Crippen LogP contribution in [0.1, 0.15) is 0 Å². The van der Waals surface area contributed by atoms with E-state index in [-0.39, 0.29) is 0 Å². The molecular weight excluding hydrogens is 158 g/mol. The van der Waals surface area contributed by atoms with Crippen LogP contribution in [0.25, 0.3) is 11.0 Å². The Balaban J connectivity index is 2.52. The monoisotopic (exact) mass is 163 g/mol. The molecule has 0 atom stereocenters. The molecule has 0 saturated carbocycles. The summed E-state index contributed by atoms with van der Waals surface area (Å²) in [5.74, 6) is 0.464. The fourth-order valence-electron chi connectivity index (χ4n) is 0.949. The van der Waals surface area contributed by atoms with Crippen molar-refractivity contribution in [2.24, 2.45) is 0 Å². The van der Waals surface area contributed by atoms with Crippen molar-refractivity contribution in [3.05, 3.63) is 18.2 Å². The molecule has 0 aliphatic rings. The number of carbonyl (C=O) groups excluding carboxylic acids is 1. The van der Waals surface area contributed by atoms with Crippen molar-refractivity contribution in [2.75, 3.05) is 0 Å². The number of nitrogens with zero attached hydrogens (tertiary/aromatic N) is 2. The van der Waals surface area contributed by atoms with Gasteiger partial charge in [-0.15, -0.1) is 0 Å². The normalized spacial score (nSPS) is 10.0. The van der Waals surface area contributed by atoms with Gasteiger partial charge in [0.2, 0.25) is 0 Å². The van der Waals surface area contributed by atoms with Gasteiger partial charge in [0, 0.05) is 6.07 Å². The van der Waals surface area contributed by atoms with Gasteiger partial charge in [-0.2, -0.15) is 15.4 Å². The van der Waals surface area contributed by atoms with Crippen LogP contribution in [-0.4, -0.2) is 21.9 Å². The first-order chi connectivity index (χ1) is 5.90. The van der Waals surface area contributed by atoms with Crippen LogP contribution in [0.2, 0.25) is 0 Å². The lowest BCUT2D eigenvalue weighted by Crippen LogP contribution is -1.87. The molecule has 0 bridgehead atoms. The van der Waals surface area contributed by atoms with E-state index < -0.39 is 0 Å². The van der Waals surface area contributed by atoms with Gasteiger partial charge in [0.25, 0.3) is 6.47 Å². The van der Waals surface area contributed by atoms with E-state index in [9.17, 15) is 4.79 Å². The average Bonchev–Trinajstić information content (AvgIpc) is 2.51. The Morgan fingerprint density at radius 2 is 2.17 bits per heavy atom. The number of hydrogen-bond donors (Lipinski definition) is 1. The number of nitrogens with one attached hydrogen (secondary N) is 1. The quantitative estimate of drug-likeness (QED) is 0.654. The van der Waals surface area contributed by atoms with E-state index in [0.717, 1.165) is 5.52 Å². The molecule has 1 aromatic heterocycles. The number of fused-ring (bicyclic) bond motifs is 1. The zero-order valence-corrected chi connectivity index (χ0v) is 6.02. The summed E-state index contributed by atoms with van der Waals surface area (Å²) in [6, 6.07) is 5.00. The highest BCUT2D eigenvalue weighted by atomic mass is 16.5. The van der Waals surface area contributed by atoms with Crippen molar-refractivity contribution in [2.45, 2.75) is 0 Å². The van der Waals surface area contributed by atoms with Crippen LogP contribution < -0.4 is 4.74 Å². The maximum absolute atomic E-state index is 9.98. The summed E-state index contributed by atoms with van der Waals surface area (Å²) in [4.78, 5) is 9.98. The van der Waals surface area contributed by atoms with Crippen molar-refractivity contribution in [3.63, 3.8) is 0 Å². The number of benzene rings is 1. The van der Waals surface area contributed by atoms with Crippen molar-refractivity contribution >= 4 is 17.5 Å². The van der Waals surface area contributed by atoms with Gasteiger partial charge in [-0.3, -0.25) is 4.79 Å². The molecule has 0 saturated heterocycles. The standard InChI is InChI=1S/C7H5N3O2/c11-4-12-5-1-2-6-7(3-5)9-10-8-6/h1-4H,(H,8,9,10). The predicted molar refractivity (Wildman–Crippen MR) is 40.6 cm³/mol. The van der Waals surface area contributed by atoms with Crippen LogP contribution in [0.3, 0.4) is 0 Å². The van der Waals surface area contributed by atoms with E-state index >= 15 is 0 Å². The Labute approximate surface area is 67.3 Å². The van der Waals surface area contributed by atoms with Gasteiger partial charge in [-0.05, 0) is 12.1 Å². The number of aromatic amines is 1. The number of hydrogen-bond acceptors (Lipinski definition) is 4. The van der Waals surface area contributed by atoms with Gasteiger partial charge < -0.3 is 4.74 Å². The van der Waals surface area contributed by atoms with Gasteiger partial charge in [-0.1, -0.05) is 0 Å². The molecule has 12 heavy (non-hydrogen) atoms. The highest BCUT2D eigenvalue weighted by Crippen LogP contribution is 2.15. The Hall–Kier alpha value is -1.91. The summed E-state index contributed by atoms with van der Waals surface area (Å²) in [6.07, 6.45) is 0. The molecule has 60 valence electrons. The van der Waals surface area contributed by atoms with Gasteiger partial charge in [0.05, 0.1) is 0 Å². The number of carbonyl (C=O) groups is 1. The summed E-state index contributed by atoms with van der Waals surface area (Å²) in [6.45, 7) is 0.376. The van der Waals surface area contributed by atoms with Gasteiger partial charge >= 0.3 is 0 Å². The zero-order valence-electron chi connectivity index (χ0n) is 6.02. The minimum absolute atomic E-state index is 0.376. The molecule has 0 aliphatic carbocycles. The van der Waals surface area contributed by atoms with E-state index in [2.05, 4.69) is 20.1 Å². The molecule has 0 unspecified atom stereocenters. The highest BCUT2D eigenvalue weighted by molar-refractivity contribution is 5.75. The maximum Gasteiger partial charge on any atom is 0.298 e. The lowest BCUT2D eigenvalue weighted by Gasteiger charge is -1.94. The molecular formula is C7H5N3O2. The number of rotatable bonds is 2. The van der Waals surface area contributed by atoms with E-state index in [4.69, 9.17) is 0 Å². The molecule has 2 rings (SSSR count). The molecule has 0 amide bonds. The fourth-order valence-corrected chi connectivity index (χ4v) is 0.949. The third-order valence-electron chi connectivity index (χ3n) is 1.47. The molecule has 5 heteroatoms. The summed E-state index contributed by atoms with van der Waals surface area (Å²) in [5, 5.41) is 10.1. The first-order valence-corrected chi connectivity index (χ1v) is 3.31. The average molecular weight is 163 g/mol. The van der Waals surface area contributed by atoms with E-state index in [0.29, 0.717) is 17.7 Å². The Bertz CT molecular complexity index is 410. The molecule has 0 radical (unpaired) electrons. The van der Waals surface area contributed by atoms with Crippen LogP contribution in [0.4, 0.5) is 0 Å². The van der Waals surface area contributed by atoms with Crippen molar-refractivity contribution < 1.29 is 9.53 Å². The number of H-pyrrole nitrogens is 1. The van der Waals surface area contributed by atoms with Gasteiger partial charge in [0.1, 0.15) is 16.8 Å². The van der Waals surface area contributed by atoms with Crippen LogP contribution in [0.5, 0.6) is 5.75 Å². The summed E-state index contributed by atoms with van der Waals surface area (Å²) >= 11 is 0. The summed E-state index contributed by atoms with van der Waals surface area (Å²) in [7, 11) is 0. The lowest BCUT2D eigenvalue weighted by molar-refractivity contribution is -0.120. The van der Waals surface area contributed by atoms with E-state index in [1.807, 2.05) is 0 Å². The minimum atomic E-state index is 0.376. The minimum Gasteiger partial charge on any atom is -0.429 e. The third kappa shape index (κ3) is 1.01. The molecule has 5 nitrogen and oxygen atoms in total. The summed E-state index contributed by atoms with van der Waals surface area (Å²) in [5.41, 5.74) is 1.42. The maximum atomic E-state index is 9.98. The number of ether oxygens (including phenoxy) is 1. The second-order valence-corrected chi connectivity index (χ2v) is 2.19. The molecule has 0 fully saturated rings. The second-order valence-electron chi connectivity index (χ2n) is 2.19. The molecule has 1 N–H and O–H groups in total. The second kappa shape index (κ2) is 2.61. The van der Waals surface area contributed by atoms with Crippen LogP contribution in [-0.2, 0) is 4.79 Å². The molecule has 0 aliphatic heterocycles. The molecule has 1 aromatic carbocycles. The fraction of sp³-hybridized carbons (Fsp3) is 0. The van der Waals surface area contributed by atoms with Gasteiger partial charge in [0.15, 0.2) is 0 Å². The SMILES string of the molecule is O=COc1ccc2n[nH]nc2c1. The number of aromatic nitrogens is 3. The van der Waals surface area contributed by atoms with Crippen LogP contribution >= 0.6 is 0 Å². The topological polar surface area (TPSA) is 67.9 Å². The van der Waals surface area contributed by atoms with E-state index in [1.165, 1.54) is 0 Å². The third-order valence-corrected chi connectivity index (χ3v) is 1.47. The molecule has 2 aromatic rings.